The second kappa shape index (κ2) is 8.24. The Morgan fingerprint density at radius 2 is 2.00 bits per heavy atom. The molecule has 3 rings (SSSR count). The molecule has 0 bridgehead atoms. The lowest BCUT2D eigenvalue weighted by Crippen LogP contribution is -2.18. The Bertz CT molecular complexity index is 1040. The number of amides is 1. The van der Waals surface area contributed by atoms with Crippen LogP contribution in [0.25, 0.3) is 10.9 Å². The van der Waals surface area contributed by atoms with Gasteiger partial charge in [-0.3, -0.25) is 4.79 Å². The highest BCUT2D eigenvalue weighted by atomic mass is 16.1. The predicted octanol–water partition coefficient (Wildman–Crippen LogP) is 3.96. The molecule has 3 aromatic rings. The lowest BCUT2D eigenvalue weighted by molar-refractivity contribution is -0.112. The molecular formula is C22H22N4O. The van der Waals surface area contributed by atoms with E-state index in [2.05, 4.69) is 21.7 Å². The van der Waals surface area contributed by atoms with Crippen molar-refractivity contribution in [1.82, 2.24) is 10.3 Å². The van der Waals surface area contributed by atoms with Crippen molar-refractivity contribution in [1.29, 1.82) is 5.26 Å². The Kier molecular flexibility index (Phi) is 5.58. The first-order chi connectivity index (χ1) is 13.1. The number of rotatable bonds is 6. The molecule has 3 N–H and O–H groups in total. The Balaban J connectivity index is 1.60. The van der Waals surface area contributed by atoms with Crippen molar-refractivity contribution in [2.45, 2.75) is 20.3 Å². The Hall–Kier alpha value is -3.52. The largest absolute Gasteiger partial charge is 0.389 e. The van der Waals surface area contributed by atoms with Crippen molar-refractivity contribution < 1.29 is 4.79 Å². The van der Waals surface area contributed by atoms with Gasteiger partial charge in [-0.1, -0.05) is 30.3 Å². The van der Waals surface area contributed by atoms with E-state index in [-0.39, 0.29) is 5.57 Å². The molecule has 0 spiro atoms. The average Bonchev–Trinajstić information content (AvgIpc) is 3.08. The number of nitrogens with zero attached hydrogens (tertiary/aromatic N) is 1. The molecule has 0 unspecified atom stereocenters. The van der Waals surface area contributed by atoms with Crippen molar-refractivity contribution in [3.63, 3.8) is 0 Å². The number of carbonyl (C=O) groups is 1. The number of fused-ring (bicyclic) bond motifs is 1. The van der Waals surface area contributed by atoms with Crippen LogP contribution in [0.3, 0.4) is 0 Å². The van der Waals surface area contributed by atoms with E-state index in [0.717, 1.165) is 28.8 Å². The van der Waals surface area contributed by atoms with Crippen LogP contribution in [0, 0.1) is 25.2 Å². The molecule has 0 aliphatic rings. The minimum absolute atomic E-state index is 0.0508. The molecule has 0 fully saturated rings. The van der Waals surface area contributed by atoms with Gasteiger partial charge >= 0.3 is 0 Å². The summed E-state index contributed by atoms with van der Waals surface area (Å²) in [6.45, 7) is 4.56. The topological polar surface area (TPSA) is 80.7 Å². The van der Waals surface area contributed by atoms with Crippen LogP contribution >= 0.6 is 0 Å². The summed E-state index contributed by atoms with van der Waals surface area (Å²) in [6, 6.07) is 15.8. The normalized spacial score (nSPS) is 11.2. The molecule has 1 aromatic heterocycles. The average molecular weight is 358 g/mol. The molecule has 5 nitrogen and oxygen atoms in total. The van der Waals surface area contributed by atoms with Gasteiger partial charge in [0, 0.05) is 35.5 Å². The summed E-state index contributed by atoms with van der Waals surface area (Å²) in [5.41, 5.74) is 5.16. The lowest BCUT2D eigenvalue weighted by atomic mass is 10.1. The zero-order valence-electron chi connectivity index (χ0n) is 15.5. The summed E-state index contributed by atoms with van der Waals surface area (Å²) in [4.78, 5) is 15.6. The number of H-pyrrole nitrogens is 1. The lowest BCUT2D eigenvalue weighted by Gasteiger charge is -2.10. The third-order valence-electron chi connectivity index (χ3n) is 4.68. The Morgan fingerprint density at radius 3 is 2.81 bits per heavy atom. The summed E-state index contributed by atoms with van der Waals surface area (Å²) in [5, 5.41) is 16.4. The van der Waals surface area contributed by atoms with Gasteiger partial charge in [0.25, 0.3) is 5.91 Å². The van der Waals surface area contributed by atoms with Gasteiger partial charge in [-0.15, -0.1) is 0 Å². The highest BCUT2D eigenvalue weighted by Crippen LogP contribution is 2.19. The Labute approximate surface area is 158 Å². The van der Waals surface area contributed by atoms with Crippen molar-refractivity contribution in [2.24, 2.45) is 0 Å². The first-order valence-electron chi connectivity index (χ1n) is 8.86. The van der Waals surface area contributed by atoms with Crippen LogP contribution in [-0.4, -0.2) is 17.4 Å². The second-order valence-corrected chi connectivity index (χ2v) is 6.44. The molecule has 0 saturated heterocycles. The number of benzene rings is 2. The summed E-state index contributed by atoms with van der Waals surface area (Å²) in [7, 11) is 0. The van der Waals surface area contributed by atoms with Gasteiger partial charge in [0.1, 0.15) is 11.6 Å². The summed E-state index contributed by atoms with van der Waals surface area (Å²) in [5.74, 6) is -0.411. The minimum Gasteiger partial charge on any atom is -0.389 e. The molecule has 136 valence electrons. The van der Waals surface area contributed by atoms with E-state index in [0.29, 0.717) is 6.54 Å². The number of aryl methyl sites for hydroxylation is 1. The molecule has 27 heavy (non-hydrogen) atoms. The number of hydrogen-bond donors (Lipinski definition) is 3. The molecular weight excluding hydrogens is 336 g/mol. The van der Waals surface area contributed by atoms with Gasteiger partial charge in [-0.2, -0.15) is 5.26 Å². The fourth-order valence-corrected chi connectivity index (χ4v) is 2.94. The van der Waals surface area contributed by atoms with Gasteiger partial charge in [0.05, 0.1) is 0 Å². The quantitative estimate of drug-likeness (QED) is 0.354. The molecule has 0 aliphatic carbocycles. The number of nitrogens with one attached hydrogen (secondary N) is 3. The molecule has 0 saturated carbocycles. The highest BCUT2D eigenvalue weighted by molar-refractivity contribution is 6.06. The molecule has 2 aromatic carbocycles. The number of hydrogen-bond acceptors (Lipinski definition) is 3. The highest BCUT2D eigenvalue weighted by Gasteiger charge is 2.11. The molecule has 1 heterocycles. The Morgan fingerprint density at radius 1 is 1.19 bits per heavy atom. The molecule has 0 atom stereocenters. The summed E-state index contributed by atoms with van der Waals surface area (Å²) >= 11 is 0. The van der Waals surface area contributed by atoms with E-state index >= 15 is 0 Å². The predicted molar refractivity (Wildman–Crippen MR) is 108 cm³/mol. The van der Waals surface area contributed by atoms with Crippen molar-refractivity contribution in [3.8, 4) is 6.07 Å². The van der Waals surface area contributed by atoms with Gasteiger partial charge in [0.15, 0.2) is 0 Å². The molecule has 1 amide bonds. The van der Waals surface area contributed by atoms with Crippen LogP contribution < -0.4 is 10.6 Å². The van der Waals surface area contributed by atoms with Crippen LogP contribution in [0.15, 0.2) is 60.4 Å². The SMILES string of the molecule is Cc1cccc(NC(=O)/C(C#N)=C\NCCc2c[nH]c3ccccc23)c1C. The van der Waals surface area contributed by atoms with Gasteiger partial charge in [-0.25, -0.2) is 0 Å². The number of aromatic nitrogens is 1. The van der Waals surface area contributed by atoms with Crippen LogP contribution in [0.1, 0.15) is 16.7 Å². The number of nitriles is 1. The van der Waals surface area contributed by atoms with Gasteiger partial charge < -0.3 is 15.6 Å². The number of para-hydroxylation sites is 1. The van der Waals surface area contributed by atoms with E-state index < -0.39 is 5.91 Å². The standard InChI is InChI=1S/C22H22N4O/c1-15-6-5-9-20(16(15)2)26-22(27)18(12-23)13-24-11-10-17-14-25-21-8-4-3-7-19(17)21/h3-9,13-14,24-25H,10-11H2,1-2H3,(H,26,27)/b18-13-. The van der Waals surface area contributed by atoms with Crippen molar-refractivity contribution in [3.05, 3.63) is 77.1 Å². The second-order valence-electron chi connectivity index (χ2n) is 6.44. The first-order valence-corrected chi connectivity index (χ1v) is 8.86. The third-order valence-corrected chi connectivity index (χ3v) is 4.68. The number of carbonyl (C=O) groups excluding carboxylic acids is 1. The van der Waals surface area contributed by atoms with Crippen LogP contribution in [0.5, 0.6) is 0 Å². The smallest absolute Gasteiger partial charge is 0.267 e. The van der Waals surface area contributed by atoms with E-state index in [1.165, 1.54) is 17.1 Å². The number of aromatic amines is 1. The summed E-state index contributed by atoms with van der Waals surface area (Å²) < 4.78 is 0. The monoisotopic (exact) mass is 358 g/mol. The van der Waals surface area contributed by atoms with E-state index in [4.69, 9.17) is 0 Å². The molecule has 0 aliphatic heterocycles. The van der Waals surface area contributed by atoms with Crippen molar-refractivity contribution >= 4 is 22.5 Å². The van der Waals surface area contributed by atoms with Crippen LogP contribution in [-0.2, 0) is 11.2 Å². The first kappa shape index (κ1) is 18.3. The van der Waals surface area contributed by atoms with Crippen LogP contribution in [0.4, 0.5) is 5.69 Å². The zero-order chi connectivity index (χ0) is 19.2. The summed E-state index contributed by atoms with van der Waals surface area (Å²) in [6.07, 6.45) is 4.27. The van der Waals surface area contributed by atoms with E-state index in [9.17, 15) is 10.1 Å². The molecule has 0 radical (unpaired) electrons. The minimum atomic E-state index is -0.411. The fourth-order valence-electron chi connectivity index (χ4n) is 2.94. The maximum Gasteiger partial charge on any atom is 0.267 e. The third kappa shape index (κ3) is 4.18. The van der Waals surface area contributed by atoms with Gasteiger partial charge in [0.2, 0.25) is 0 Å². The van der Waals surface area contributed by atoms with E-state index in [1.807, 2.05) is 62.5 Å². The molecule has 5 heteroatoms. The van der Waals surface area contributed by atoms with Crippen molar-refractivity contribution in [2.75, 3.05) is 11.9 Å². The van der Waals surface area contributed by atoms with E-state index in [1.54, 1.807) is 0 Å². The van der Waals surface area contributed by atoms with Crippen LogP contribution in [0.2, 0.25) is 0 Å². The fraction of sp³-hybridized carbons (Fsp3) is 0.182. The maximum absolute atomic E-state index is 12.4. The maximum atomic E-state index is 12.4. The van der Waals surface area contributed by atoms with Gasteiger partial charge in [-0.05, 0) is 49.1 Å². The zero-order valence-corrected chi connectivity index (χ0v) is 15.5. The number of anilines is 1.